The summed E-state index contributed by atoms with van der Waals surface area (Å²) >= 11 is 1.56. The number of nitrogens with two attached hydrogens (primary N) is 1. The minimum Gasteiger partial charge on any atom is -0.381 e. The van der Waals surface area contributed by atoms with Crippen LogP contribution >= 0.6 is 11.8 Å². The fourth-order valence-electron chi connectivity index (χ4n) is 4.18. The molecule has 0 saturated carbocycles. The molecule has 2 aliphatic heterocycles. The number of nitriles is 1. The Morgan fingerprint density at radius 1 is 1.22 bits per heavy atom. The summed E-state index contributed by atoms with van der Waals surface area (Å²) in [6, 6.07) is 16.5. The topological polar surface area (TPSA) is 96.4 Å². The first kappa shape index (κ1) is 22.5. The summed E-state index contributed by atoms with van der Waals surface area (Å²) in [7, 11) is 1.81. The maximum atomic E-state index is 12.7. The van der Waals surface area contributed by atoms with E-state index in [1.165, 1.54) is 0 Å². The van der Waals surface area contributed by atoms with Crippen molar-refractivity contribution in [3.8, 4) is 17.2 Å². The number of rotatable bonds is 6. The van der Waals surface area contributed by atoms with Crippen LogP contribution in [0.25, 0.3) is 11.1 Å². The van der Waals surface area contributed by atoms with E-state index in [2.05, 4.69) is 12.1 Å². The summed E-state index contributed by atoms with van der Waals surface area (Å²) in [5.41, 5.74) is 9.54. The van der Waals surface area contributed by atoms with Crippen molar-refractivity contribution >= 4 is 29.1 Å². The standard InChI is InChI=1S/C25H27N3O3S/c1-28-21-7-6-20(14-22(21)32-16-24(28)30)19-4-2-17(3-5-19)12-18(15-26)13-23(29)25(27)8-10-31-11-9-25/h2-7,14,18H,8-13,16,27H2,1H3/t18-/m1/s1. The Kier molecular flexibility index (Phi) is 6.66. The van der Waals surface area contributed by atoms with Gasteiger partial charge < -0.3 is 15.4 Å². The van der Waals surface area contributed by atoms with Crippen molar-refractivity contribution in [2.75, 3.05) is 30.9 Å². The van der Waals surface area contributed by atoms with Crippen LogP contribution in [0.2, 0.25) is 0 Å². The molecule has 2 N–H and O–H groups in total. The van der Waals surface area contributed by atoms with Gasteiger partial charge in [-0.2, -0.15) is 5.26 Å². The number of fused-ring (bicyclic) bond motifs is 1. The number of Topliss-reactive ketones (excluding diaryl/α,β-unsaturated/α-hetero) is 1. The molecule has 2 aromatic rings. The number of amides is 1. The Morgan fingerprint density at radius 2 is 1.91 bits per heavy atom. The lowest BCUT2D eigenvalue weighted by molar-refractivity contribution is -0.128. The number of nitrogens with zero attached hydrogens (tertiary/aromatic N) is 2. The van der Waals surface area contributed by atoms with E-state index in [0.29, 0.717) is 38.2 Å². The van der Waals surface area contributed by atoms with Crippen LogP contribution in [0.1, 0.15) is 24.8 Å². The van der Waals surface area contributed by atoms with Crippen LogP contribution in [0.5, 0.6) is 0 Å². The molecule has 2 aromatic carbocycles. The zero-order chi connectivity index (χ0) is 22.7. The Bertz CT molecular complexity index is 1060. The predicted octanol–water partition coefficient (Wildman–Crippen LogP) is 3.57. The molecule has 7 heteroatoms. The zero-order valence-electron chi connectivity index (χ0n) is 18.2. The molecule has 0 bridgehead atoms. The Morgan fingerprint density at radius 3 is 2.59 bits per heavy atom. The Hall–Kier alpha value is -2.66. The first-order valence-electron chi connectivity index (χ1n) is 10.8. The van der Waals surface area contributed by atoms with Gasteiger partial charge >= 0.3 is 0 Å². The van der Waals surface area contributed by atoms with Gasteiger partial charge in [-0.3, -0.25) is 9.59 Å². The van der Waals surface area contributed by atoms with Gasteiger partial charge in [0.25, 0.3) is 0 Å². The molecule has 1 fully saturated rings. The van der Waals surface area contributed by atoms with Gasteiger partial charge in [-0.05, 0) is 48.1 Å². The average molecular weight is 450 g/mol. The van der Waals surface area contributed by atoms with Crippen molar-refractivity contribution in [3.05, 3.63) is 48.0 Å². The van der Waals surface area contributed by atoms with Gasteiger partial charge in [0.1, 0.15) is 0 Å². The average Bonchev–Trinajstić information content (AvgIpc) is 2.81. The van der Waals surface area contributed by atoms with E-state index in [1.54, 1.807) is 23.7 Å². The fraction of sp³-hybridized carbons (Fsp3) is 0.400. The summed E-state index contributed by atoms with van der Waals surface area (Å²) in [5.74, 6) is 0.128. The van der Waals surface area contributed by atoms with Gasteiger partial charge in [0.2, 0.25) is 5.91 Å². The third kappa shape index (κ3) is 4.73. The number of ether oxygens (including phenoxy) is 1. The van der Waals surface area contributed by atoms with Gasteiger partial charge in [0.15, 0.2) is 5.78 Å². The molecule has 32 heavy (non-hydrogen) atoms. The molecule has 2 heterocycles. The highest BCUT2D eigenvalue weighted by Crippen LogP contribution is 2.37. The highest BCUT2D eigenvalue weighted by molar-refractivity contribution is 8.00. The van der Waals surface area contributed by atoms with Crippen LogP contribution in [0.15, 0.2) is 47.4 Å². The number of carbonyl (C=O) groups is 2. The lowest BCUT2D eigenvalue weighted by atomic mass is 9.81. The highest BCUT2D eigenvalue weighted by atomic mass is 32.2. The van der Waals surface area contributed by atoms with Gasteiger partial charge in [0, 0.05) is 31.6 Å². The minimum atomic E-state index is -0.861. The highest BCUT2D eigenvalue weighted by Gasteiger charge is 2.36. The van der Waals surface area contributed by atoms with Crippen molar-refractivity contribution in [1.82, 2.24) is 0 Å². The van der Waals surface area contributed by atoms with Gasteiger partial charge in [0.05, 0.1) is 29.0 Å². The predicted molar refractivity (Wildman–Crippen MR) is 125 cm³/mol. The normalized spacial score (nSPS) is 18.5. The monoisotopic (exact) mass is 449 g/mol. The van der Waals surface area contributed by atoms with Crippen LogP contribution in [-0.4, -0.2) is 43.2 Å². The third-order valence-electron chi connectivity index (χ3n) is 6.37. The Labute approximate surface area is 192 Å². The second kappa shape index (κ2) is 9.45. The molecular weight excluding hydrogens is 422 g/mol. The molecule has 0 radical (unpaired) electrons. The number of benzene rings is 2. The van der Waals surface area contributed by atoms with Gasteiger partial charge in [-0.1, -0.05) is 30.3 Å². The molecule has 4 rings (SSSR count). The van der Waals surface area contributed by atoms with Crippen molar-refractivity contribution in [3.63, 3.8) is 0 Å². The molecule has 0 aromatic heterocycles. The largest absolute Gasteiger partial charge is 0.381 e. The second-order valence-electron chi connectivity index (χ2n) is 8.55. The van der Waals surface area contributed by atoms with Crippen molar-refractivity contribution in [2.24, 2.45) is 11.7 Å². The molecule has 166 valence electrons. The smallest absolute Gasteiger partial charge is 0.237 e. The van der Waals surface area contributed by atoms with E-state index in [-0.39, 0.29) is 18.1 Å². The van der Waals surface area contributed by atoms with Crippen molar-refractivity contribution in [1.29, 1.82) is 5.26 Å². The van der Waals surface area contributed by atoms with Gasteiger partial charge in [-0.15, -0.1) is 11.8 Å². The number of anilines is 1. The maximum Gasteiger partial charge on any atom is 0.237 e. The second-order valence-corrected chi connectivity index (χ2v) is 9.56. The van der Waals surface area contributed by atoms with Crippen molar-refractivity contribution < 1.29 is 14.3 Å². The van der Waals surface area contributed by atoms with Crippen LogP contribution in [0.3, 0.4) is 0 Å². The lowest BCUT2D eigenvalue weighted by Crippen LogP contribution is -2.52. The molecule has 0 unspecified atom stereocenters. The molecule has 0 aliphatic carbocycles. The quantitative estimate of drug-likeness (QED) is 0.724. The molecule has 1 saturated heterocycles. The summed E-state index contributed by atoms with van der Waals surface area (Å²) in [6.07, 6.45) is 1.72. The molecule has 1 atom stereocenters. The summed E-state index contributed by atoms with van der Waals surface area (Å²) < 4.78 is 5.31. The van der Waals surface area contributed by atoms with E-state index >= 15 is 0 Å². The van der Waals surface area contributed by atoms with E-state index < -0.39 is 11.5 Å². The SMILES string of the molecule is CN1C(=O)CSc2cc(-c3ccc(C[C@@H](C#N)CC(=O)C4(N)CCOCC4)cc3)ccc21. The fourth-order valence-corrected chi connectivity index (χ4v) is 5.22. The number of hydrogen-bond acceptors (Lipinski definition) is 6. The minimum absolute atomic E-state index is 0.0426. The van der Waals surface area contributed by atoms with Crippen LogP contribution in [0, 0.1) is 17.2 Å². The van der Waals surface area contributed by atoms with E-state index in [0.717, 1.165) is 27.3 Å². The van der Waals surface area contributed by atoms with Crippen LogP contribution in [0.4, 0.5) is 5.69 Å². The molecule has 6 nitrogen and oxygen atoms in total. The first-order valence-corrected chi connectivity index (χ1v) is 11.8. The van der Waals surface area contributed by atoms with E-state index in [4.69, 9.17) is 10.5 Å². The van der Waals surface area contributed by atoms with Crippen LogP contribution in [-0.2, 0) is 20.7 Å². The number of carbonyl (C=O) groups excluding carboxylic acids is 2. The third-order valence-corrected chi connectivity index (χ3v) is 7.40. The maximum absolute atomic E-state index is 12.7. The Balaban J connectivity index is 1.43. The van der Waals surface area contributed by atoms with E-state index in [1.807, 2.05) is 36.4 Å². The van der Waals surface area contributed by atoms with E-state index in [9.17, 15) is 14.9 Å². The molecule has 0 spiro atoms. The zero-order valence-corrected chi connectivity index (χ0v) is 19.0. The lowest BCUT2D eigenvalue weighted by Gasteiger charge is -2.32. The first-order chi connectivity index (χ1) is 15.4. The van der Waals surface area contributed by atoms with Crippen LogP contribution < -0.4 is 10.6 Å². The summed E-state index contributed by atoms with van der Waals surface area (Å²) in [5, 5.41) is 9.61. The molecule has 1 amide bonds. The molecular formula is C25H27N3O3S. The number of thioether (sulfide) groups is 1. The van der Waals surface area contributed by atoms with Gasteiger partial charge in [-0.25, -0.2) is 0 Å². The molecule has 2 aliphatic rings. The summed E-state index contributed by atoms with van der Waals surface area (Å²) in [4.78, 5) is 27.4. The number of hydrogen-bond donors (Lipinski definition) is 1. The van der Waals surface area contributed by atoms with Crippen molar-refractivity contribution in [2.45, 2.75) is 36.1 Å². The number of ketones is 1. The summed E-state index contributed by atoms with van der Waals surface area (Å²) in [6.45, 7) is 0.990.